The maximum absolute atomic E-state index is 13.9. The minimum atomic E-state index is -1.58. The molecule has 2 aliphatic heterocycles. The van der Waals surface area contributed by atoms with Crippen molar-refractivity contribution in [3.8, 4) is 5.75 Å². The molecule has 14 heteroatoms. The van der Waals surface area contributed by atoms with Gasteiger partial charge in [-0.3, -0.25) is 14.4 Å². The highest BCUT2D eigenvalue weighted by Crippen LogP contribution is 2.38. The van der Waals surface area contributed by atoms with Gasteiger partial charge in [-0.1, -0.05) is 32.9 Å². The third-order valence-corrected chi connectivity index (χ3v) is 10.7. The van der Waals surface area contributed by atoms with Crippen molar-refractivity contribution in [3.05, 3.63) is 29.8 Å². The van der Waals surface area contributed by atoms with Gasteiger partial charge in [-0.2, -0.15) is 0 Å². The first-order valence-corrected chi connectivity index (χ1v) is 18.3. The highest BCUT2D eigenvalue weighted by molar-refractivity contribution is 5.79. The van der Waals surface area contributed by atoms with Crippen LogP contribution in [0.4, 0.5) is 0 Å². The number of amides is 1. The number of carbonyl (C=O) groups is 3. The van der Waals surface area contributed by atoms with Gasteiger partial charge in [-0.25, -0.2) is 0 Å². The van der Waals surface area contributed by atoms with Crippen LogP contribution in [0.5, 0.6) is 5.75 Å². The molecule has 3 rings (SSSR count). The van der Waals surface area contributed by atoms with Gasteiger partial charge >= 0.3 is 11.9 Å². The zero-order chi connectivity index (χ0) is 39.1. The van der Waals surface area contributed by atoms with Crippen molar-refractivity contribution >= 4 is 17.8 Å². The lowest BCUT2D eigenvalue weighted by molar-refractivity contribution is -0.301. The number of esters is 2. The van der Waals surface area contributed by atoms with Crippen molar-refractivity contribution in [2.24, 2.45) is 17.8 Å². The second-order valence-corrected chi connectivity index (χ2v) is 15.0. The lowest BCUT2D eigenvalue weighted by atomic mass is 9.78. The Hall–Kier alpha value is -2.85. The number of nitrogens with zero attached hydrogens (tertiary/aromatic N) is 1. The van der Waals surface area contributed by atoms with Gasteiger partial charge < -0.3 is 54.0 Å². The molecule has 296 valence electrons. The first-order valence-electron chi connectivity index (χ1n) is 18.3. The maximum Gasteiger partial charge on any atom is 0.312 e. The van der Waals surface area contributed by atoms with E-state index < -0.39 is 90.2 Å². The predicted octanol–water partition coefficient (Wildman–Crippen LogP) is 2.23. The fraction of sp³-hybridized carbons (Fsp3) is 0.763. The standard InChI is InChI=1S/C38H62N2O12/c1-12-28-32(44)30(42)22(4)35(45)39-20(2)19-38(7,48-11)34(52-37-31(43)27(40(8)9)17-21(3)49-37)23(5)33(24(6)36(46)50-28)51-29(41)18-25-13-15-26(47-10)16-14-25/h13-16,20-24,27-28,30-34,37,42-44H,12,17-19H2,1-11H3,(H,39,45)/t20-,21-,22-,23+,24-,27-,28-,30-,31-,32-,33+,34-,37+,38-/m1/s1. The third kappa shape index (κ3) is 10.6. The Kier molecular flexibility index (Phi) is 15.9. The Balaban J connectivity index is 2.15. The van der Waals surface area contributed by atoms with E-state index in [0.717, 1.165) is 0 Å². The summed E-state index contributed by atoms with van der Waals surface area (Å²) in [6.45, 7) is 11.9. The molecule has 14 nitrogen and oxygen atoms in total. The zero-order valence-corrected chi connectivity index (χ0v) is 32.6. The van der Waals surface area contributed by atoms with Gasteiger partial charge in [0.1, 0.15) is 30.2 Å². The largest absolute Gasteiger partial charge is 0.497 e. The molecular formula is C38H62N2O12. The topological polar surface area (TPSA) is 183 Å². The molecule has 14 atom stereocenters. The summed E-state index contributed by atoms with van der Waals surface area (Å²) in [6, 6.07) is 6.09. The summed E-state index contributed by atoms with van der Waals surface area (Å²) in [5.74, 6) is -4.28. The van der Waals surface area contributed by atoms with Crippen LogP contribution in [0, 0.1) is 17.8 Å². The Labute approximate surface area is 308 Å². The zero-order valence-electron chi connectivity index (χ0n) is 32.6. The molecule has 0 bridgehead atoms. The number of nitrogens with one attached hydrogen (secondary N) is 1. The van der Waals surface area contributed by atoms with Gasteiger partial charge in [-0.05, 0) is 78.7 Å². The molecule has 1 amide bonds. The SMILES string of the molecule is CC[C@H]1OC(=O)[C@H](C)[C@@H](OC(=O)Cc2ccc(OC)cc2)[C@H](C)[C@@H](O[C@@H]2O[C@H](C)C[C@@H](N(C)C)[C@H]2O)[C@](C)(OC)C[C@@H](C)NC(=O)[C@H](C)[C@@H](O)[C@@H]1O. The van der Waals surface area contributed by atoms with Crippen LogP contribution in [0.2, 0.25) is 0 Å². The third-order valence-electron chi connectivity index (χ3n) is 10.7. The number of hydrogen-bond donors (Lipinski definition) is 4. The molecule has 0 unspecified atom stereocenters. The lowest BCUT2D eigenvalue weighted by Crippen LogP contribution is -2.60. The maximum atomic E-state index is 13.9. The molecule has 2 aliphatic rings. The van der Waals surface area contributed by atoms with Crippen LogP contribution in [0.1, 0.15) is 73.3 Å². The van der Waals surface area contributed by atoms with Crippen LogP contribution in [0.3, 0.4) is 0 Å². The summed E-state index contributed by atoms with van der Waals surface area (Å²) in [5, 5.41) is 36.5. The number of likely N-dealkylation sites (N-methyl/N-ethyl adjacent to an activating group) is 1. The Bertz CT molecular complexity index is 1310. The van der Waals surface area contributed by atoms with Crippen molar-refractivity contribution in [1.29, 1.82) is 0 Å². The van der Waals surface area contributed by atoms with Crippen LogP contribution in [0.15, 0.2) is 24.3 Å². The highest BCUT2D eigenvalue weighted by Gasteiger charge is 2.50. The van der Waals surface area contributed by atoms with Crippen LogP contribution in [-0.2, 0) is 44.5 Å². The van der Waals surface area contributed by atoms with Crippen LogP contribution in [-0.4, -0.2) is 133 Å². The van der Waals surface area contributed by atoms with E-state index in [1.807, 2.05) is 25.9 Å². The van der Waals surface area contributed by atoms with E-state index in [-0.39, 0.29) is 31.4 Å². The number of carbonyl (C=O) groups excluding carboxylic acids is 3. The molecule has 0 spiro atoms. The molecular weight excluding hydrogens is 676 g/mol. The fourth-order valence-electron chi connectivity index (χ4n) is 7.37. The summed E-state index contributed by atoms with van der Waals surface area (Å²) in [7, 11) is 6.77. The number of ether oxygens (including phenoxy) is 6. The van der Waals surface area contributed by atoms with E-state index >= 15 is 0 Å². The number of rotatable bonds is 9. The van der Waals surface area contributed by atoms with Crippen molar-refractivity contribution in [1.82, 2.24) is 10.2 Å². The Morgan fingerprint density at radius 2 is 1.62 bits per heavy atom. The van der Waals surface area contributed by atoms with Crippen molar-refractivity contribution in [3.63, 3.8) is 0 Å². The molecule has 0 aromatic heterocycles. The molecule has 1 aromatic carbocycles. The molecule has 2 heterocycles. The first kappa shape index (κ1) is 43.6. The molecule has 0 aliphatic carbocycles. The van der Waals surface area contributed by atoms with Gasteiger partial charge in [0.15, 0.2) is 6.29 Å². The number of aliphatic hydroxyl groups is 3. The van der Waals surface area contributed by atoms with E-state index in [0.29, 0.717) is 17.7 Å². The van der Waals surface area contributed by atoms with E-state index in [2.05, 4.69) is 5.32 Å². The quantitative estimate of drug-likeness (QED) is 0.271. The van der Waals surface area contributed by atoms with Crippen LogP contribution < -0.4 is 10.1 Å². The molecule has 1 aromatic rings. The molecule has 52 heavy (non-hydrogen) atoms. The minimum Gasteiger partial charge on any atom is -0.497 e. The van der Waals surface area contributed by atoms with E-state index in [4.69, 9.17) is 28.4 Å². The Morgan fingerprint density at radius 3 is 2.17 bits per heavy atom. The first-order chi connectivity index (χ1) is 24.4. The van der Waals surface area contributed by atoms with E-state index in [1.165, 1.54) is 14.0 Å². The summed E-state index contributed by atoms with van der Waals surface area (Å²) in [5.41, 5.74) is -0.578. The number of aliphatic hydroxyl groups excluding tert-OH is 3. The average Bonchev–Trinajstić information content (AvgIpc) is 3.10. The Morgan fingerprint density at radius 1 is 0.981 bits per heavy atom. The van der Waals surface area contributed by atoms with Gasteiger partial charge in [0.05, 0.1) is 49.3 Å². The van der Waals surface area contributed by atoms with Crippen molar-refractivity contribution in [2.75, 3.05) is 28.3 Å². The molecule has 0 saturated carbocycles. The number of hydrogen-bond acceptors (Lipinski definition) is 13. The highest BCUT2D eigenvalue weighted by atomic mass is 16.7. The van der Waals surface area contributed by atoms with Crippen molar-refractivity contribution < 1.29 is 58.1 Å². The van der Waals surface area contributed by atoms with Crippen molar-refractivity contribution in [2.45, 2.75) is 141 Å². The summed E-state index contributed by atoms with van der Waals surface area (Å²) >= 11 is 0. The summed E-state index contributed by atoms with van der Waals surface area (Å²) in [6.07, 6.45) is -8.20. The normalized spacial score (nSPS) is 38.4. The predicted molar refractivity (Wildman–Crippen MR) is 191 cm³/mol. The van der Waals surface area contributed by atoms with Gasteiger partial charge in [-0.15, -0.1) is 0 Å². The van der Waals surface area contributed by atoms with Crippen LogP contribution >= 0.6 is 0 Å². The second-order valence-electron chi connectivity index (χ2n) is 15.0. The van der Waals surface area contributed by atoms with Gasteiger partial charge in [0.25, 0.3) is 0 Å². The number of benzene rings is 1. The van der Waals surface area contributed by atoms with Crippen LogP contribution in [0.25, 0.3) is 0 Å². The van der Waals surface area contributed by atoms with E-state index in [1.54, 1.807) is 66.0 Å². The summed E-state index contributed by atoms with van der Waals surface area (Å²) < 4.78 is 36.3. The smallest absolute Gasteiger partial charge is 0.312 e. The molecule has 2 saturated heterocycles. The summed E-state index contributed by atoms with van der Waals surface area (Å²) in [4.78, 5) is 42.9. The number of methoxy groups -OCH3 is 2. The fourth-order valence-corrected chi connectivity index (χ4v) is 7.37. The van der Waals surface area contributed by atoms with Gasteiger partial charge in [0.2, 0.25) is 5.91 Å². The lowest BCUT2D eigenvalue weighted by Gasteiger charge is -2.48. The molecule has 0 radical (unpaired) electrons. The second kappa shape index (κ2) is 19.0. The monoisotopic (exact) mass is 738 g/mol. The van der Waals surface area contributed by atoms with E-state index in [9.17, 15) is 29.7 Å². The minimum absolute atomic E-state index is 0.113. The number of cyclic esters (lactones) is 1. The van der Waals surface area contributed by atoms with Gasteiger partial charge in [0, 0.05) is 25.1 Å². The molecule has 4 N–H and O–H groups in total. The average molecular weight is 739 g/mol. The molecule has 2 fully saturated rings.